The van der Waals surface area contributed by atoms with Gasteiger partial charge in [0.05, 0.1) is 6.61 Å². The standard InChI is InChI=1S/C18H22O4/c1-4-5-6-7-8-9-10-11-12-13-18(22-17(3)20)14-15-21-16(2)19/h4-5,10-11,18H,12-15H2,1-3H3/b5-4+,11-10+/t18-/m1/s1. The highest BCUT2D eigenvalue weighted by molar-refractivity contribution is 5.66. The highest BCUT2D eigenvalue weighted by Gasteiger charge is 2.11. The van der Waals surface area contributed by atoms with Gasteiger partial charge in [0.15, 0.2) is 0 Å². The number of hydrogen-bond donors (Lipinski definition) is 0. The second-order valence-corrected chi connectivity index (χ2v) is 4.38. The fraction of sp³-hybridized carbons (Fsp3) is 0.444. The first kappa shape index (κ1) is 19.5. The molecule has 0 saturated carbocycles. The van der Waals surface area contributed by atoms with Gasteiger partial charge in [-0.25, -0.2) is 0 Å². The summed E-state index contributed by atoms with van der Waals surface area (Å²) in [6.45, 7) is 4.85. The SMILES string of the molecule is C/C=C/C#CC#C/C=C/CC[C@H](CCOC(C)=O)OC(C)=O. The molecule has 0 aliphatic carbocycles. The third-order valence-electron chi connectivity index (χ3n) is 2.39. The van der Waals surface area contributed by atoms with Gasteiger partial charge in [-0.3, -0.25) is 9.59 Å². The first-order chi connectivity index (χ1) is 10.6. The van der Waals surface area contributed by atoms with Crippen LogP contribution in [0.2, 0.25) is 0 Å². The third-order valence-corrected chi connectivity index (χ3v) is 2.39. The Hall–Kier alpha value is -2.46. The molecule has 0 unspecified atom stereocenters. The van der Waals surface area contributed by atoms with E-state index in [-0.39, 0.29) is 24.6 Å². The predicted molar refractivity (Wildman–Crippen MR) is 85.5 cm³/mol. The summed E-state index contributed by atoms with van der Waals surface area (Å²) >= 11 is 0. The summed E-state index contributed by atoms with van der Waals surface area (Å²) in [6, 6.07) is 0. The van der Waals surface area contributed by atoms with E-state index in [1.807, 2.05) is 19.1 Å². The molecule has 0 saturated heterocycles. The van der Waals surface area contributed by atoms with Crippen molar-refractivity contribution in [3.63, 3.8) is 0 Å². The molecule has 1 atom stereocenters. The minimum Gasteiger partial charge on any atom is -0.466 e. The zero-order chi connectivity index (χ0) is 16.6. The van der Waals surface area contributed by atoms with Gasteiger partial charge in [-0.15, -0.1) is 0 Å². The second-order valence-electron chi connectivity index (χ2n) is 4.38. The van der Waals surface area contributed by atoms with Crippen LogP contribution in [0.25, 0.3) is 0 Å². The highest BCUT2D eigenvalue weighted by atomic mass is 16.6. The number of esters is 2. The van der Waals surface area contributed by atoms with E-state index in [1.54, 1.807) is 12.2 Å². The van der Waals surface area contributed by atoms with Crippen molar-refractivity contribution in [1.82, 2.24) is 0 Å². The van der Waals surface area contributed by atoms with Gasteiger partial charge in [-0.1, -0.05) is 24.0 Å². The smallest absolute Gasteiger partial charge is 0.302 e. The number of carbonyl (C=O) groups is 2. The van der Waals surface area contributed by atoms with Crippen molar-refractivity contribution < 1.29 is 19.1 Å². The van der Waals surface area contributed by atoms with Crippen LogP contribution in [0.3, 0.4) is 0 Å². The maximum Gasteiger partial charge on any atom is 0.302 e. The molecule has 0 spiro atoms. The zero-order valence-corrected chi connectivity index (χ0v) is 13.3. The average molecular weight is 302 g/mol. The monoisotopic (exact) mass is 302 g/mol. The Bertz CT molecular complexity index is 521. The van der Waals surface area contributed by atoms with Gasteiger partial charge in [0.2, 0.25) is 0 Å². The van der Waals surface area contributed by atoms with Crippen LogP contribution in [0.1, 0.15) is 40.0 Å². The van der Waals surface area contributed by atoms with Gasteiger partial charge in [-0.2, -0.15) is 0 Å². The number of rotatable bonds is 7. The zero-order valence-electron chi connectivity index (χ0n) is 13.3. The lowest BCUT2D eigenvalue weighted by molar-refractivity contribution is -0.148. The summed E-state index contributed by atoms with van der Waals surface area (Å²) in [7, 11) is 0. The van der Waals surface area contributed by atoms with Gasteiger partial charge in [0, 0.05) is 20.3 Å². The Morgan fingerprint density at radius 1 is 1.05 bits per heavy atom. The molecule has 0 aliphatic heterocycles. The minimum atomic E-state index is -0.337. The van der Waals surface area contributed by atoms with E-state index in [0.29, 0.717) is 12.8 Å². The van der Waals surface area contributed by atoms with Crippen molar-refractivity contribution in [2.24, 2.45) is 0 Å². The minimum absolute atomic E-state index is 0.247. The Kier molecular flexibility index (Phi) is 12.0. The Morgan fingerprint density at radius 2 is 1.73 bits per heavy atom. The van der Waals surface area contributed by atoms with Crippen LogP contribution >= 0.6 is 0 Å². The summed E-state index contributed by atoms with van der Waals surface area (Å²) < 4.78 is 10.0. The lowest BCUT2D eigenvalue weighted by atomic mass is 10.1. The molecular formula is C18H22O4. The summed E-state index contributed by atoms with van der Waals surface area (Å²) in [5.74, 6) is 10.3. The topological polar surface area (TPSA) is 52.6 Å². The number of hydrogen-bond acceptors (Lipinski definition) is 4. The van der Waals surface area contributed by atoms with E-state index in [2.05, 4.69) is 23.7 Å². The molecule has 0 amide bonds. The molecule has 4 nitrogen and oxygen atoms in total. The van der Waals surface area contributed by atoms with Crippen LogP contribution in [-0.4, -0.2) is 24.6 Å². The molecule has 22 heavy (non-hydrogen) atoms. The molecule has 0 radical (unpaired) electrons. The first-order valence-electron chi connectivity index (χ1n) is 7.14. The summed E-state index contributed by atoms with van der Waals surface area (Å²) in [5.41, 5.74) is 0. The van der Waals surface area contributed by atoms with Crippen LogP contribution < -0.4 is 0 Å². The maximum absolute atomic E-state index is 11.0. The van der Waals surface area contributed by atoms with E-state index < -0.39 is 0 Å². The van der Waals surface area contributed by atoms with Crippen LogP contribution in [0.5, 0.6) is 0 Å². The summed E-state index contributed by atoms with van der Waals surface area (Å²) in [6.07, 6.45) is 8.80. The number of carbonyl (C=O) groups excluding carboxylic acids is 2. The summed E-state index contributed by atoms with van der Waals surface area (Å²) in [4.78, 5) is 21.7. The molecular weight excluding hydrogens is 280 g/mol. The first-order valence-corrected chi connectivity index (χ1v) is 7.14. The molecule has 0 heterocycles. The quantitative estimate of drug-likeness (QED) is 0.536. The van der Waals surface area contributed by atoms with Crippen molar-refractivity contribution >= 4 is 11.9 Å². The lowest BCUT2D eigenvalue weighted by Crippen LogP contribution is -2.19. The molecule has 0 rings (SSSR count). The van der Waals surface area contributed by atoms with E-state index in [0.717, 1.165) is 6.42 Å². The highest BCUT2D eigenvalue weighted by Crippen LogP contribution is 2.08. The molecule has 118 valence electrons. The van der Waals surface area contributed by atoms with Crippen LogP contribution in [0.15, 0.2) is 24.3 Å². The Labute approximate surface area is 132 Å². The van der Waals surface area contributed by atoms with Crippen molar-refractivity contribution in [2.75, 3.05) is 6.61 Å². The molecule has 4 heteroatoms. The van der Waals surface area contributed by atoms with Gasteiger partial charge >= 0.3 is 11.9 Å². The van der Waals surface area contributed by atoms with Crippen molar-refractivity contribution in [2.45, 2.75) is 46.1 Å². The normalized spacial score (nSPS) is 11.2. The van der Waals surface area contributed by atoms with Crippen LogP contribution in [0.4, 0.5) is 0 Å². The van der Waals surface area contributed by atoms with Crippen molar-refractivity contribution in [3.8, 4) is 23.7 Å². The van der Waals surface area contributed by atoms with E-state index in [4.69, 9.17) is 9.47 Å². The van der Waals surface area contributed by atoms with E-state index >= 15 is 0 Å². The van der Waals surface area contributed by atoms with Crippen LogP contribution in [-0.2, 0) is 19.1 Å². The van der Waals surface area contributed by atoms with Gasteiger partial charge < -0.3 is 9.47 Å². The second kappa shape index (κ2) is 13.5. The molecule has 0 aromatic carbocycles. The molecule has 0 fully saturated rings. The van der Waals surface area contributed by atoms with Gasteiger partial charge in [0.25, 0.3) is 0 Å². The Morgan fingerprint density at radius 3 is 2.32 bits per heavy atom. The maximum atomic E-state index is 11.0. The molecule has 0 aromatic heterocycles. The average Bonchev–Trinajstić information content (AvgIpc) is 2.44. The predicted octanol–water partition coefficient (Wildman–Crippen LogP) is 2.79. The third kappa shape index (κ3) is 14.0. The van der Waals surface area contributed by atoms with Crippen LogP contribution in [0, 0.1) is 23.7 Å². The van der Waals surface area contributed by atoms with E-state index in [9.17, 15) is 9.59 Å². The van der Waals surface area contributed by atoms with Gasteiger partial charge in [0.1, 0.15) is 6.10 Å². The molecule has 0 aromatic rings. The number of allylic oxidation sites excluding steroid dienone is 4. The number of ether oxygens (including phenoxy) is 2. The molecule has 0 N–H and O–H groups in total. The molecule has 0 aliphatic rings. The fourth-order valence-corrected chi connectivity index (χ4v) is 1.49. The molecule has 0 bridgehead atoms. The van der Waals surface area contributed by atoms with Crippen molar-refractivity contribution in [1.29, 1.82) is 0 Å². The fourth-order valence-electron chi connectivity index (χ4n) is 1.49. The lowest BCUT2D eigenvalue weighted by Gasteiger charge is -2.15. The largest absolute Gasteiger partial charge is 0.466 e. The van der Waals surface area contributed by atoms with E-state index in [1.165, 1.54) is 13.8 Å². The van der Waals surface area contributed by atoms with Crippen molar-refractivity contribution in [3.05, 3.63) is 24.3 Å². The van der Waals surface area contributed by atoms with Gasteiger partial charge in [-0.05, 0) is 43.8 Å². The summed E-state index contributed by atoms with van der Waals surface area (Å²) in [5, 5.41) is 0. The Balaban J connectivity index is 4.13.